The fourth-order valence-electron chi connectivity index (χ4n) is 3.53. The van der Waals surface area contributed by atoms with Crippen LogP contribution in [0.15, 0.2) is 60.0 Å². The summed E-state index contributed by atoms with van der Waals surface area (Å²) in [6, 6.07) is 13.8. The van der Waals surface area contributed by atoms with E-state index in [0.717, 1.165) is 22.3 Å². The maximum atomic E-state index is 12.4. The van der Waals surface area contributed by atoms with Gasteiger partial charge in [0.05, 0.1) is 11.4 Å². The van der Waals surface area contributed by atoms with Crippen LogP contribution in [0.1, 0.15) is 16.7 Å². The molecule has 0 saturated carbocycles. The van der Waals surface area contributed by atoms with E-state index in [0.29, 0.717) is 21.5 Å². The van der Waals surface area contributed by atoms with Gasteiger partial charge >= 0.3 is 0 Å². The van der Waals surface area contributed by atoms with E-state index >= 15 is 0 Å². The molecule has 0 spiro atoms. The molecule has 2 aromatic carbocycles. The molecule has 0 aliphatic rings. The van der Waals surface area contributed by atoms with Crippen molar-refractivity contribution in [3.8, 4) is 11.3 Å². The van der Waals surface area contributed by atoms with Crippen molar-refractivity contribution in [2.24, 2.45) is 0 Å². The van der Waals surface area contributed by atoms with Crippen LogP contribution in [0.2, 0.25) is 5.02 Å². The number of rotatable bonds is 5. The first-order valence-corrected chi connectivity index (χ1v) is 11.7. The first-order chi connectivity index (χ1) is 15.9. The second kappa shape index (κ2) is 8.53. The second-order valence-electron chi connectivity index (χ2n) is 7.93. The Balaban J connectivity index is 1.37. The number of anilines is 1. The van der Waals surface area contributed by atoms with E-state index in [1.165, 1.54) is 22.9 Å². The van der Waals surface area contributed by atoms with Crippen LogP contribution in [-0.4, -0.2) is 35.9 Å². The molecule has 0 aliphatic carbocycles. The fraction of sp³-hybridized carbons (Fsp3) is 0.167. The number of benzene rings is 2. The molecular formula is C24H21ClN6OS. The largest absolute Gasteiger partial charge is 0.325 e. The van der Waals surface area contributed by atoms with E-state index < -0.39 is 0 Å². The molecule has 3 aromatic heterocycles. The highest BCUT2D eigenvalue weighted by Crippen LogP contribution is 2.26. The number of hydrogen-bond acceptors (Lipinski definition) is 5. The van der Waals surface area contributed by atoms with Gasteiger partial charge in [0.1, 0.15) is 5.52 Å². The van der Waals surface area contributed by atoms with Gasteiger partial charge in [0.25, 0.3) is 0 Å². The number of amides is 1. The van der Waals surface area contributed by atoms with Crippen molar-refractivity contribution in [3.63, 3.8) is 0 Å². The van der Waals surface area contributed by atoms with Gasteiger partial charge in [0.15, 0.2) is 10.8 Å². The highest BCUT2D eigenvalue weighted by molar-refractivity contribution is 7.99. The number of nitrogens with one attached hydrogen (secondary N) is 1. The van der Waals surface area contributed by atoms with Crippen molar-refractivity contribution in [2.75, 3.05) is 11.1 Å². The van der Waals surface area contributed by atoms with Crippen molar-refractivity contribution in [2.45, 2.75) is 25.9 Å². The lowest BCUT2D eigenvalue weighted by Crippen LogP contribution is -2.14. The summed E-state index contributed by atoms with van der Waals surface area (Å²) >= 11 is 7.46. The summed E-state index contributed by atoms with van der Waals surface area (Å²) < 4.78 is 3.68. The number of fused-ring (bicyclic) bond motifs is 3. The fourth-order valence-corrected chi connectivity index (χ4v) is 4.43. The standard InChI is InChI=1S/C24H21ClN6OS/c1-14-4-6-17(10-16(14)3)20-12-21-23-27-28-24(30(23)8-9-31(21)29-20)33-13-22(32)26-18-7-5-15(2)19(25)11-18/h4-12H,13H2,1-3H3,(H,26,32). The Morgan fingerprint density at radius 1 is 1.00 bits per heavy atom. The van der Waals surface area contributed by atoms with Crippen LogP contribution in [0.5, 0.6) is 0 Å². The van der Waals surface area contributed by atoms with Crippen LogP contribution < -0.4 is 5.32 Å². The molecule has 0 unspecified atom stereocenters. The van der Waals surface area contributed by atoms with Crippen LogP contribution >= 0.6 is 23.4 Å². The van der Waals surface area contributed by atoms with Crippen LogP contribution in [0.4, 0.5) is 5.69 Å². The van der Waals surface area contributed by atoms with Crippen molar-refractivity contribution < 1.29 is 4.79 Å². The minimum atomic E-state index is -0.140. The van der Waals surface area contributed by atoms with Crippen LogP contribution in [0, 0.1) is 20.8 Å². The third-order valence-corrected chi connectivity index (χ3v) is 6.93. The van der Waals surface area contributed by atoms with Gasteiger partial charge in [-0.2, -0.15) is 5.10 Å². The maximum Gasteiger partial charge on any atom is 0.234 e. The number of hydrogen-bond donors (Lipinski definition) is 1. The Morgan fingerprint density at radius 3 is 2.61 bits per heavy atom. The van der Waals surface area contributed by atoms with Crippen LogP contribution in [0.25, 0.3) is 22.4 Å². The van der Waals surface area contributed by atoms with Crippen LogP contribution in [0.3, 0.4) is 0 Å². The SMILES string of the molecule is Cc1ccc(-c2cc3c4nnc(SCC(=O)Nc5ccc(C)c(Cl)c5)n4ccn3n2)cc1C. The zero-order valence-electron chi connectivity index (χ0n) is 18.3. The van der Waals surface area contributed by atoms with Gasteiger partial charge in [-0.1, -0.05) is 41.6 Å². The molecule has 0 bridgehead atoms. The summed E-state index contributed by atoms with van der Waals surface area (Å²) in [7, 11) is 0. The number of aromatic nitrogens is 5. The van der Waals surface area contributed by atoms with Gasteiger partial charge in [-0.15, -0.1) is 10.2 Å². The average molecular weight is 477 g/mol. The lowest BCUT2D eigenvalue weighted by atomic mass is 10.0. The van der Waals surface area contributed by atoms with E-state index in [9.17, 15) is 4.79 Å². The lowest BCUT2D eigenvalue weighted by molar-refractivity contribution is -0.113. The molecule has 9 heteroatoms. The summed E-state index contributed by atoms with van der Waals surface area (Å²) in [5.74, 6) is 0.0593. The molecule has 1 amide bonds. The smallest absolute Gasteiger partial charge is 0.234 e. The topological polar surface area (TPSA) is 76.6 Å². The van der Waals surface area contributed by atoms with Crippen molar-refractivity contribution in [1.29, 1.82) is 0 Å². The van der Waals surface area contributed by atoms with Crippen LogP contribution in [-0.2, 0) is 4.79 Å². The van der Waals surface area contributed by atoms with E-state index in [-0.39, 0.29) is 11.7 Å². The summed E-state index contributed by atoms with van der Waals surface area (Å²) in [5.41, 5.74) is 7.58. The number of nitrogens with zero attached hydrogens (tertiary/aromatic N) is 5. The first-order valence-electron chi connectivity index (χ1n) is 10.4. The van der Waals surface area contributed by atoms with E-state index in [2.05, 4.69) is 47.6 Å². The van der Waals surface area contributed by atoms with Crippen molar-refractivity contribution in [3.05, 3.63) is 76.6 Å². The summed E-state index contributed by atoms with van der Waals surface area (Å²) in [5, 5.41) is 17.5. The Hall–Kier alpha value is -3.36. The third kappa shape index (κ3) is 4.19. The Bertz CT molecular complexity index is 1520. The van der Waals surface area contributed by atoms with Gasteiger partial charge in [-0.05, 0) is 61.7 Å². The molecule has 0 aliphatic heterocycles. The predicted octanol–water partition coefficient (Wildman–Crippen LogP) is 5.35. The molecule has 0 atom stereocenters. The Morgan fingerprint density at radius 2 is 1.82 bits per heavy atom. The monoisotopic (exact) mass is 476 g/mol. The lowest BCUT2D eigenvalue weighted by Gasteiger charge is -2.06. The first kappa shape index (κ1) is 21.5. The third-order valence-electron chi connectivity index (χ3n) is 5.58. The van der Waals surface area contributed by atoms with Crippen molar-refractivity contribution >= 4 is 46.1 Å². The normalized spacial score (nSPS) is 11.4. The molecule has 0 radical (unpaired) electrons. The summed E-state index contributed by atoms with van der Waals surface area (Å²) in [4.78, 5) is 12.4. The Labute approximate surface area is 199 Å². The second-order valence-corrected chi connectivity index (χ2v) is 9.28. The quantitative estimate of drug-likeness (QED) is 0.346. The molecule has 7 nitrogen and oxygen atoms in total. The molecular weight excluding hydrogens is 456 g/mol. The summed E-state index contributed by atoms with van der Waals surface area (Å²) in [6.07, 6.45) is 3.73. The molecule has 1 N–H and O–H groups in total. The molecule has 33 heavy (non-hydrogen) atoms. The average Bonchev–Trinajstić information content (AvgIpc) is 3.40. The molecule has 5 rings (SSSR count). The molecule has 0 fully saturated rings. The predicted molar refractivity (Wildman–Crippen MR) is 132 cm³/mol. The minimum Gasteiger partial charge on any atom is -0.325 e. The zero-order chi connectivity index (χ0) is 23.1. The van der Waals surface area contributed by atoms with E-state index in [4.69, 9.17) is 16.7 Å². The molecule has 3 heterocycles. The molecule has 5 aromatic rings. The van der Waals surface area contributed by atoms with Crippen molar-refractivity contribution in [1.82, 2.24) is 24.2 Å². The zero-order valence-corrected chi connectivity index (χ0v) is 19.9. The number of halogens is 1. The number of carbonyl (C=O) groups is 1. The van der Waals surface area contributed by atoms with Gasteiger partial charge in [0.2, 0.25) is 5.91 Å². The molecule has 166 valence electrons. The summed E-state index contributed by atoms with van der Waals surface area (Å²) in [6.45, 7) is 6.11. The Kier molecular flexibility index (Phi) is 5.55. The van der Waals surface area contributed by atoms with Gasteiger partial charge in [0, 0.05) is 28.7 Å². The maximum absolute atomic E-state index is 12.4. The number of aryl methyl sites for hydroxylation is 3. The molecule has 0 saturated heterocycles. The highest BCUT2D eigenvalue weighted by Gasteiger charge is 2.14. The van der Waals surface area contributed by atoms with E-state index in [1.807, 2.05) is 41.9 Å². The van der Waals surface area contributed by atoms with Gasteiger partial charge in [-0.3, -0.25) is 9.20 Å². The minimum absolute atomic E-state index is 0.140. The van der Waals surface area contributed by atoms with Gasteiger partial charge in [-0.25, -0.2) is 4.52 Å². The van der Waals surface area contributed by atoms with E-state index in [1.54, 1.807) is 10.6 Å². The highest BCUT2D eigenvalue weighted by atomic mass is 35.5. The number of thioether (sulfide) groups is 1. The van der Waals surface area contributed by atoms with Gasteiger partial charge < -0.3 is 5.32 Å². The number of carbonyl (C=O) groups excluding carboxylic acids is 1.